The lowest BCUT2D eigenvalue weighted by molar-refractivity contribution is 0.0982. The van der Waals surface area contributed by atoms with Crippen molar-refractivity contribution < 1.29 is 23.7 Å². The second kappa shape index (κ2) is 10.8. The Hall–Kier alpha value is -3.10. The van der Waals surface area contributed by atoms with E-state index in [0.29, 0.717) is 47.5 Å². The van der Waals surface area contributed by atoms with Gasteiger partial charge in [-0.25, -0.2) is 4.98 Å². The van der Waals surface area contributed by atoms with E-state index in [-0.39, 0.29) is 5.91 Å². The first-order chi connectivity index (χ1) is 15.1. The molecule has 0 fully saturated rings. The highest BCUT2D eigenvalue weighted by molar-refractivity contribution is 7.14. The minimum absolute atomic E-state index is 0.204. The van der Waals surface area contributed by atoms with E-state index in [1.54, 1.807) is 24.1 Å². The largest absolute Gasteiger partial charge is 0.493 e. The summed E-state index contributed by atoms with van der Waals surface area (Å²) in [5.74, 6) is 1.08. The molecular formula is C23H26N2O5S. The van der Waals surface area contributed by atoms with Gasteiger partial charge in [0, 0.05) is 36.8 Å². The number of carbonyl (C=O) groups is 1. The van der Waals surface area contributed by atoms with Crippen LogP contribution in [-0.4, -0.2) is 52.5 Å². The van der Waals surface area contributed by atoms with Crippen molar-refractivity contribution in [2.24, 2.45) is 0 Å². The van der Waals surface area contributed by atoms with Crippen LogP contribution in [-0.2, 0) is 4.74 Å². The maximum absolute atomic E-state index is 13.5. The lowest BCUT2D eigenvalue weighted by atomic mass is 10.1. The number of thiazole rings is 1. The van der Waals surface area contributed by atoms with Crippen LogP contribution in [0.4, 0.5) is 5.13 Å². The van der Waals surface area contributed by atoms with E-state index in [2.05, 4.69) is 0 Å². The SMILES string of the molecule is COCCCN(C(=O)c1cc(OC)c(OC)c(OC)c1)c1nc(-c2ccccc2)cs1. The van der Waals surface area contributed by atoms with E-state index in [1.807, 2.05) is 35.7 Å². The smallest absolute Gasteiger partial charge is 0.260 e. The quantitative estimate of drug-likeness (QED) is 0.430. The number of aromatic nitrogens is 1. The molecule has 164 valence electrons. The third-order valence-corrected chi connectivity index (χ3v) is 5.54. The molecule has 1 amide bonds. The number of nitrogens with zero attached hydrogens (tertiary/aromatic N) is 2. The number of carbonyl (C=O) groups excluding carboxylic acids is 1. The van der Waals surface area contributed by atoms with E-state index >= 15 is 0 Å². The first kappa shape index (κ1) is 22.6. The lowest BCUT2D eigenvalue weighted by Crippen LogP contribution is -2.32. The molecule has 3 aromatic rings. The summed E-state index contributed by atoms with van der Waals surface area (Å²) < 4.78 is 21.4. The third kappa shape index (κ3) is 5.15. The maximum Gasteiger partial charge on any atom is 0.260 e. The number of benzene rings is 2. The molecule has 1 aromatic heterocycles. The summed E-state index contributed by atoms with van der Waals surface area (Å²) in [4.78, 5) is 19.9. The molecule has 0 unspecified atom stereocenters. The van der Waals surface area contributed by atoms with Crippen LogP contribution in [0.15, 0.2) is 47.8 Å². The highest BCUT2D eigenvalue weighted by Gasteiger charge is 2.24. The van der Waals surface area contributed by atoms with Gasteiger partial charge >= 0.3 is 0 Å². The van der Waals surface area contributed by atoms with Crippen molar-refractivity contribution in [3.8, 4) is 28.5 Å². The van der Waals surface area contributed by atoms with E-state index in [4.69, 9.17) is 23.9 Å². The van der Waals surface area contributed by atoms with Gasteiger partial charge in [0.15, 0.2) is 16.6 Å². The van der Waals surface area contributed by atoms with Crippen LogP contribution in [0.2, 0.25) is 0 Å². The molecule has 1 heterocycles. The number of hydrogen-bond acceptors (Lipinski definition) is 7. The highest BCUT2D eigenvalue weighted by Crippen LogP contribution is 2.39. The second-order valence-electron chi connectivity index (χ2n) is 6.60. The van der Waals surface area contributed by atoms with Crippen molar-refractivity contribution in [2.45, 2.75) is 6.42 Å². The molecule has 0 aliphatic carbocycles. The summed E-state index contributed by atoms with van der Waals surface area (Å²) >= 11 is 1.43. The number of hydrogen-bond donors (Lipinski definition) is 0. The normalized spacial score (nSPS) is 10.6. The fourth-order valence-corrected chi connectivity index (χ4v) is 4.00. The van der Waals surface area contributed by atoms with Gasteiger partial charge in [0.05, 0.1) is 27.0 Å². The Morgan fingerprint density at radius 1 is 1.00 bits per heavy atom. The van der Waals surface area contributed by atoms with Crippen LogP contribution >= 0.6 is 11.3 Å². The second-order valence-corrected chi connectivity index (χ2v) is 7.44. The van der Waals surface area contributed by atoms with Crippen molar-refractivity contribution in [3.05, 3.63) is 53.4 Å². The molecular weight excluding hydrogens is 416 g/mol. The fourth-order valence-electron chi connectivity index (χ4n) is 3.14. The first-order valence-corrected chi connectivity index (χ1v) is 10.6. The highest BCUT2D eigenvalue weighted by atomic mass is 32.1. The van der Waals surface area contributed by atoms with Crippen LogP contribution in [0.3, 0.4) is 0 Å². The van der Waals surface area contributed by atoms with Gasteiger partial charge in [0.2, 0.25) is 5.75 Å². The Morgan fingerprint density at radius 2 is 1.68 bits per heavy atom. The van der Waals surface area contributed by atoms with Crippen molar-refractivity contribution in [1.82, 2.24) is 4.98 Å². The molecule has 0 saturated heterocycles. The number of amides is 1. The van der Waals surface area contributed by atoms with Crippen LogP contribution in [0, 0.1) is 0 Å². The van der Waals surface area contributed by atoms with Gasteiger partial charge in [-0.3, -0.25) is 9.69 Å². The van der Waals surface area contributed by atoms with Gasteiger partial charge in [-0.1, -0.05) is 30.3 Å². The fraction of sp³-hybridized carbons (Fsp3) is 0.304. The summed E-state index contributed by atoms with van der Waals surface area (Å²) in [6.07, 6.45) is 0.674. The molecule has 3 rings (SSSR count). The van der Waals surface area contributed by atoms with Crippen molar-refractivity contribution >= 4 is 22.4 Å². The van der Waals surface area contributed by atoms with Crippen molar-refractivity contribution in [2.75, 3.05) is 46.5 Å². The average Bonchev–Trinajstić information content (AvgIpc) is 3.31. The predicted octanol–water partition coefficient (Wildman–Crippen LogP) is 4.52. The monoisotopic (exact) mass is 442 g/mol. The Bertz CT molecular complexity index is 981. The van der Waals surface area contributed by atoms with Crippen LogP contribution in [0.5, 0.6) is 17.2 Å². The molecule has 8 heteroatoms. The van der Waals surface area contributed by atoms with Gasteiger partial charge in [-0.2, -0.15) is 0 Å². The number of ether oxygens (including phenoxy) is 4. The summed E-state index contributed by atoms with van der Waals surface area (Å²) in [5, 5.41) is 2.57. The van der Waals surface area contributed by atoms with Crippen molar-refractivity contribution in [1.29, 1.82) is 0 Å². The van der Waals surface area contributed by atoms with E-state index in [1.165, 1.54) is 32.7 Å². The molecule has 0 saturated carbocycles. The van der Waals surface area contributed by atoms with Gasteiger partial charge in [-0.15, -0.1) is 11.3 Å². The number of anilines is 1. The third-order valence-electron chi connectivity index (χ3n) is 4.68. The van der Waals surface area contributed by atoms with Gasteiger partial charge in [-0.05, 0) is 18.6 Å². The zero-order valence-electron chi connectivity index (χ0n) is 18.1. The standard InChI is InChI=1S/C23H26N2O5S/c1-27-12-8-11-25(23-24-18(15-31-23)16-9-6-5-7-10-16)22(26)17-13-19(28-2)21(30-4)20(14-17)29-3/h5-7,9-10,13-15H,8,11-12H2,1-4H3. The Kier molecular flexibility index (Phi) is 7.86. The molecule has 31 heavy (non-hydrogen) atoms. The van der Waals surface area contributed by atoms with Crippen LogP contribution < -0.4 is 19.1 Å². The van der Waals surface area contributed by atoms with Crippen molar-refractivity contribution in [3.63, 3.8) is 0 Å². The first-order valence-electron chi connectivity index (χ1n) is 9.74. The van der Waals surface area contributed by atoms with Crippen LogP contribution in [0.25, 0.3) is 11.3 Å². The molecule has 0 N–H and O–H groups in total. The van der Waals surface area contributed by atoms with Gasteiger partial charge in [0.25, 0.3) is 5.91 Å². The van der Waals surface area contributed by atoms with Crippen LogP contribution in [0.1, 0.15) is 16.8 Å². The molecule has 7 nitrogen and oxygen atoms in total. The zero-order valence-corrected chi connectivity index (χ0v) is 18.9. The molecule has 0 atom stereocenters. The van der Waals surface area contributed by atoms with E-state index < -0.39 is 0 Å². The van der Waals surface area contributed by atoms with E-state index in [9.17, 15) is 4.79 Å². The summed E-state index contributed by atoms with van der Waals surface area (Å²) in [7, 11) is 6.21. The molecule has 0 aliphatic rings. The number of methoxy groups -OCH3 is 4. The Balaban J connectivity index is 1.97. The topological polar surface area (TPSA) is 70.1 Å². The predicted molar refractivity (Wildman–Crippen MR) is 122 cm³/mol. The molecule has 2 aromatic carbocycles. The number of rotatable bonds is 10. The Morgan fingerprint density at radius 3 is 2.26 bits per heavy atom. The Labute approximate surface area is 186 Å². The minimum atomic E-state index is -0.204. The molecule has 0 radical (unpaired) electrons. The van der Waals surface area contributed by atoms with Gasteiger partial charge in [0.1, 0.15) is 0 Å². The lowest BCUT2D eigenvalue weighted by Gasteiger charge is -2.21. The summed E-state index contributed by atoms with van der Waals surface area (Å²) in [5.41, 5.74) is 2.25. The summed E-state index contributed by atoms with van der Waals surface area (Å²) in [6.45, 7) is 1.00. The zero-order chi connectivity index (χ0) is 22.2. The minimum Gasteiger partial charge on any atom is -0.493 e. The van der Waals surface area contributed by atoms with E-state index in [0.717, 1.165) is 11.3 Å². The summed E-state index contributed by atoms with van der Waals surface area (Å²) in [6, 6.07) is 13.2. The maximum atomic E-state index is 13.5. The van der Waals surface area contributed by atoms with Gasteiger partial charge < -0.3 is 18.9 Å². The molecule has 0 spiro atoms. The molecule has 0 aliphatic heterocycles. The molecule has 0 bridgehead atoms. The average molecular weight is 443 g/mol.